The van der Waals surface area contributed by atoms with Crippen molar-refractivity contribution in [2.75, 3.05) is 7.11 Å². The van der Waals surface area contributed by atoms with Crippen molar-refractivity contribution < 1.29 is 9.53 Å². The van der Waals surface area contributed by atoms with Crippen molar-refractivity contribution in [3.05, 3.63) is 143 Å². The van der Waals surface area contributed by atoms with Gasteiger partial charge in [0.25, 0.3) is 0 Å². The Kier molecular flexibility index (Phi) is 7.89. The molecule has 0 saturated carbocycles. The average Bonchev–Trinajstić information content (AvgIpc) is 2.92. The third-order valence-electron chi connectivity index (χ3n) is 6.30. The Morgan fingerprint density at radius 1 is 0.743 bits per heavy atom. The number of esters is 1. The van der Waals surface area contributed by atoms with E-state index in [0.717, 1.165) is 40.8 Å². The molecule has 3 heteroatoms. The first-order chi connectivity index (χ1) is 17.1. The number of aryl methyl sites for hydroxylation is 2. The zero-order chi connectivity index (χ0) is 24.5. The Bertz CT molecular complexity index is 1210. The summed E-state index contributed by atoms with van der Waals surface area (Å²) in [7, 11) is 1.45. The molecule has 0 saturated heterocycles. The van der Waals surface area contributed by atoms with Gasteiger partial charge in [-0.25, -0.2) is 4.79 Å². The number of carbonyl (C=O) groups excluding carboxylic acids is 1. The van der Waals surface area contributed by atoms with Gasteiger partial charge in [0.05, 0.1) is 12.8 Å². The van der Waals surface area contributed by atoms with Crippen LogP contribution in [-0.2, 0) is 21.5 Å². The summed E-state index contributed by atoms with van der Waals surface area (Å²) in [5, 5.41) is 0. The molecule has 0 aromatic heterocycles. The van der Waals surface area contributed by atoms with Crippen LogP contribution in [0.5, 0.6) is 0 Å². The maximum atomic E-state index is 13.6. The van der Waals surface area contributed by atoms with Crippen molar-refractivity contribution >= 4 is 11.7 Å². The Balaban J connectivity index is 1.87. The van der Waals surface area contributed by atoms with Crippen LogP contribution < -0.4 is 0 Å². The van der Waals surface area contributed by atoms with Gasteiger partial charge in [0, 0.05) is 11.1 Å². The minimum absolute atomic E-state index is 0.348. The van der Waals surface area contributed by atoms with E-state index in [0.29, 0.717) is 6.42 Å². The number of rotatable bonds is 9. The van der Waals surface area contributed by atoms with Gasteiger partial charge in [-0.15, -0.1) is 0 Å². The third kappa shape index (κ3) is 5.75. The molecule has 0 aliphatic rings. The van der Waals surface area contributed by atoms with E-state index in [9.17, 15) is 4.79 Å². The monoisotopic (exact) mass is 461 g/mol. The summed E-state index contributed by atoms with van der Waals surface area (Å²) in [6.07, 6.45) is 2.17. The van der Waals surface area contributed by atoms with Gasteiger partial charge >= 0.3 is 5.97 Å². The van der Waals surface area contributed by atoms with Crippen LogP contribution in [0.3, 0.4) is 0 Å². The number of methoxy groups -OCH3 is 1. The number of ether oxygens (including phenoxy) is 1. The highest BCUT2D eigenvalue weighted by Crippen LogP contribution is 2.35. The number of aliphatic imine (C=N–C) groups is 1. The molecule has 0 spiro atoms. The molecule has 0 fully saturated rings. The van der Waals surface area contributed by atoms with Crippen molar-refractivity contribution in [2.45, 2.75) is 31.7 Å². The summed E-state index contributed by atoms with van der Waals surface area (Å²) in [6, 6.07) is 38.5. The van der Waals surface area contributed by atoms with Crippen molar-refractivity contribution in [3.8, 4) is 0 Å². The average molecular weight is 462 g/mol. The van der Waals surface area contributed by atoms with Crippen molar-refractivity contribution in [1.82, 2.24) is 0 Å². The summed E-state index contributed by atoms with van der Waals surface area (Å²) in [4.78, 5) is 18.9. The van der Waals surface area contributed by atoms with Crippen LogP contribution in [0.4, 0.5) is 0 Å². The molecule has 35 heavy (non-hydrogen) atoms. The quantitative estimate of drug-likeness (QED) is 0.200. The summed E-state index contributed by atoms with van der Waals surface area (Å²) in [6.45, 7) is 2.04. The smallest absolute Gasteiger partial charge is 0.338 e. The molecule has 0 N–H and O–H groups in total. The predicted octanol–water partition coefficient (Wildman–Crippen LogP) is 6.92. The maximum Gasteiger partial charge on any atom is 0.338 e. The molecule has 4 rings (SSSR count). The molecule has 0 amide bonds. The molecule has 0 aliphatic heterocycles. The lowest BCUT2D eigenvalue weighted by molar-refractivity contribution is -0.147. The van der Waals surface area contributed by atoms with Crippen LogP contribution >= 0.6 is 0 Å². The van der Waals surface area contributed by atoms with Gasteiger partial charge in [0.1, 0.15) is 0 Å². The maximum absolute atomic E-state index is 13.6. The zero-order valence-corrected chi connectivity index (χ0v) is 20.4. The fourth-order valence-corrected chi connectivity index (χ4v) is 4.40. The lowest BCUT2D eigenvalue weighted by Crippen LogP contribution is -2.37. The first kappa shape index (κ1) is 24.2. The Morgan fingerprint density at radius 3 is 1.77 bits per heavy atom. The number of benzene rings is 4. The van der Waals surface area contributed by atoms with Crippen LogP contribution in [0.2, 0.25) is 0 Å². The van der Waals surface area contributed by atoms with E-state index >= 15 is 0 Å². The zero-order valence-electron chi connectivity index (χ0n) is 20.4. The molecule has 0 radical (unpaired) electrons. The fraction of sp³-hybridized carbons (Fsp3) is 0.188. The van der Waals surface area contributed by atoms with E-state index in [1.165, 1.54) is 12.7 Å². The number of hydrogen-bond acceptors (Lipinski definition) is 3. The van der Waals surface area contributed by atoms with E-state index < -0.39 is 5.54 Å². The largest absolute Gasteiger partial charge is 0.467 e. The van der Waals surface area contributed by atoms with Gasteiger partial charge in [-0.05, 0) is 37.3 Å². The predicted molar refractivity (Wildman–Crippen MR) is 143 cm³/mol. The topological polar surface area (TPSA) is 38.7 Å². The van der Waals surface area contributed by atoms with E-state index in [1.54, 1.807) is 0 Å². The minimum atomic E-state index is -1.17. The summed E-state index contributed by atoms with van der Waals surface area (Å²) in [5.41, 5.74) is 4.74. The second kappa shape index (κ2) is 11.4. The molecular weight excluding hydrogens is 430 g/mol. The Hall–Kier alpha value is -3.98. The normalized spacial score (nSPS) is 12.4. The van der Waals surface area contributed by atoms with Gasteiger partial charge in [0.2, 0.25) is 0 Å². The highest BCUT2D eigenvalue weighted by atomic mass is 16.5. The van der Waals surface area contributed by atoms with Crippen LogP contribution in [-0.4, -0.2) is 18.8 Å². The second-order valence-corrected chi connectivity index (χ2v) is 8.75. The molecule has 176 valence electrons. The molecule has 3 nitrogen and oxygen atoms in total. The minimum Gasteiger partial charge on any atom is -0.467 e. The third-order valence-corrected chi connectivity index (χ3v) is 6.30. The summed E-state index contributed by atoms with van der Waals surface area (Å²) in [5.74, 6) is -0.348. The first-order valence-corrected chi connectivity index (χ1v) is 12.0. The molecule has 0 heterocycles. The van der Waals surface area contributed by atoms with Gasteiger partial charge in [0.15, 0.2) is 5.54 Å². The molecular formula is C32H31NO2. The standard InChI is InChI=1S/C32H31NO2/c1-25-20-22-29(23-21-25)32(31(34)35-2,24-12-15-26-13-6-3-7-14-26)33-30(27-16-8-4-9-17-27)28-18-10-5-11-19-28/h3-11,13-14,16-23H,12,15,24H2,1-2H3. The fourth-order valence-electron chi connectivity index (χ4n) is 4.40. The molecule has 4 aromatic carbocycles. The molecule has 1 unspecified atom stereocenters. The highest BCUT2D eigenvalue weighted by molar-refractivity contribution is 6.13. The number of hydrogen-bond donors (Lipinski definition) is 0. The lowest BCUT2D eigenvalue weighted by Gasteiger charge is -2.29. The molecule has 0 bridgehead atoms. The molecule has 1 atom stereocenters. The molecule has 0 aliphatic carbocycles. The van der Waals surface area contributed by atoms with Crippen LogP contribution in [0, 0.1) is 6.92 Å². The van der Waals surface area contributed by atoms with E-state index in [-0.39, 0.29) is 5.97 Å². The highest BCUT2D eigenvalue weighted by Gasteiger charge is 2.41. The van der Waals surface area contributed by atoms with Crippen LogP contribution in [0.1, 0.15) is 40.7 Å². The lowest BCUT2D eigenvalue weighted by atomic mass is 9.83. The van der Waals surface area contributed by atoms with Crippen molar-refractivity contribution in [1.29, 1.82) is 0 Å². The van der Waals surface area contributed by atoms with Crippen LogP contribution in [0.25, 0.3) is 0 Å². The summed E-state index contributed by atoms with van der Waals surface area (Å²) < 4.78 is 5.43. The van der Waals surface area contributed by atoms with Gasteiger partial charge in [-0.3, -0.25) is 4.99 Å². The van der Waals surface area contributed by atoms with Crippen molar-refractivity contribution in [2.24, 2.45) is 4.99 Å². The van der Waals surface area contributed by atoms with Gasteiger partial charge in [-0.1, -0.05) is 121 Å². The first-order valence-electron chi connectivity index (χ1n) is 12.0. The Labute approximate surface area is 208 Å². The van der Waals surface area contributed by atoms with Crippen LogP contribution in [0.15, 0.2) is 120 Å². The summed E-state index contributed by atoms with van der Waals surface area (Å²) >= 11 is 0. The molecule has 4 aromatic rings. The van der Waals surface area contributed by atoms with Crippen molar-refractivity contribution in [3.63, 3.8) is 0 Å². The van der Waals surface area contributed by atoms with E-state index in [4.69, 9.17) is 9.73 Å². The van der Waals surface area contributed by atoms with Gasteiger partial charge in [-0.2, -0.15) is 0 Å². The number of carbonyl (C=O) groups is 1. The van der Waals surface area contributed by atoms with E-state index in [2.05, 4.69) is 12.1 Å². The Morgan fingerprint density at radius 2 is 1.26 bits per heavy atom. The van der Waals surface area contributed by atoms with E-state index in [1.807, 2.05) is 110 Å². The second-order valence-electron chi connectivity index (χ2n) is 8.75. The SMILES string of the molecule is COC(=O)C(CCCc1ccccc1)(N=C(c1ccccc1)c1ccccc1)c1ccc(C)cc1. The van der Waals surface area contributed by atoms with Gasteiger partial charge < -0.3 is 4.74 Å². The number of nitrogens with zero attached hydrogens (tertiary/aromatic N) is 1.